The number of hydrogen-bond donors (Lipinski definition) is 2. The van der Waals surface area contributed by atoms with Gasteiger partial charge in [-0.05, 0) is 57.4 Å². The minimum absolute atomic E-state index is 0.136. The van der Waals surface area contributed by atoms with Crippen LogP contribution in [0.5, 0.6) is 23.0 Å². The van der Waals surface area contributed by atoms with Crippen LogP contribution in [0.2, 0.25) is 0 Å². The minimum Gasteiger partial charge on any atom is -0.507 e. The second-order valence-corrected chi connectivity index (χ2v) is 7.73. The number of fused-ring (bicyclic) bond motifs is 1. The molecule has 0 bridgehead atoms. The van der Waals surface area contributed by atoms with E-state index < -0.39 is 0 Å². The molecule has 4 rings (SSSR count). The summed E-state index contributed by atoms with van der Waals surface area (Å²) < 4.78 is 17.6. The zero-order chi connectivity index (χ0) is 21.1. The lowest BCUT2D eigenvalue weighted by molar-refractivity contribution is -0.918. The highest BCUT2D eigenvalue weighted by atomic mass is 16.5. The lowest BCUT2D eigenvalue weighted by atomic mass is 10.1. The van der Waals surface area contributed by atoms with E-state index >= 15 is 0 Å². The van der Waals surface area contributed by atoms with E-state index in [9.17, 15) is 9.90 Å². The predicted octanol–water partition coefficient (Wildman–Crippen LogP) is 3.57. The summed E-state index contributed by atoms with van der Waals surface area (Å²) >= 11 is 0. The van der Waals surface area contributed by atoms with E-state index in [1.54, 1.807) is 31.2 Å². The van der Waals surface area contributed by atoms with Crippen molar-refractivity contribution in [2.75, 3.05) is 19.7 Å². The largest absolute Gasteiger partial charge is 0.507 e. The van der Waals surface area contributed by atoms with Crippen molar-refractivity contribution in [3.63, 3.8) is 0 Å². The number of benzene rings is 2. The van der Waals surface area contributed by atoms with Crippen LogP contribution in [-0.4, -0.2) is 24.8 Å². The van der Waals surface area contributed by atoms with Crippen molar-refractivity contribution in [2.24, 2.45) is 0 Å². The Balaban J connectivity index is 1.75. The van der Waals surface area contributed by atoms with E-state index in [2.05, 4.69) is 0 Å². The normalized spacial score (nSPS) is 14.7. The number of phenolic OH excluding ortho intramolecular Hbond substituents is 1. The van der Waals surface area contributed by atoms with E-state index in [1.165, 1.54) is 24.2 Å². The van der Waals surface area contributed by atoms with Crippen LogP contribution in [0, 0.1) is 6.92 Å². The van der Waals surface area contributed by atoms with Crippen LogP contribution in [-0.2, 0) is 6.54 Å². The molecule has 2 heterocycles. The van der Waals surface area contributed by atoms with Crippen molar-refractivity contribution in [3.05, 3.63) is 57.9 Å². The monoisotopic (exact) mass is 410 g/mol. The summed E-state index contributed by atoms with van der Waals surface area (Å²) in [6.45, 7) is 6.86. The number of aryl methyl sites for hydroxylation is 1. The number of phenols is 1. The number of nitrogens with one attached hydrogen (secondary N) is 1. The van der Waals surface area contributed by atoms with Crippen molar-refractivity contribution < 1.29 is 23.9 Å². The zero-order valence-corrected chi connectivity index (χ0v) is 17.5. The summed E-state index contributed by atoms with van der Waals surface area (Å²) in [7, 11) is 0. The van der Waals surface area contributed by atoms with Gasteiger partial charge in [0, 0.05) is 0 Å². The molecule has 3 aromatic rings. The second kappa shape index (κ2) is 8.79. The number of quaternary nitrogens is 1. The van der Waals surface area contributed by atoms with E-state index in [0.29, 0.717) is 46.9 Å². The van der Waals surface area contributed by atoms with E-state index in [4.69, 9.17) is 13.9 Å². The highest BCUT2D eigenvalue weighted by molar-refractivity contribution is 5.83. The number of ether oxygens (including phenoxy) is 2. The molecular formula is C24H28NO5+. The number of aromatic hydroxyl groups is 1. The van der Waals surface area contributed by atoms with Gasteiger partial charge in [-0.25, -0.2) is 0 Å². The Labute approximate surface area is 175 Å². The van der Waals surface area contributed by atoms with Gasteiger partial charge in [0.05, 0.1) is 30.6 Å². The molecule has 6 heteroatoms. The molecule has 0 spiro atoms. The van der Waals surface area contributed by atoms with Crippen molar-refractivity contribution in [1.29, 1.82) is 0 Å². The fourth-order valence-corrected chi connectivity index (χ4v) is 4.08. The molecule has 0 unspecified atom stereocenters. The van der Waals surface area contributed by atoms with Gasteiger partial charge in [0.15, 0.2) is 17.1 Å². The quantitative estimate of drug-likeness (QED) is 0.650. The summed E-state index contributed by atoms with van der Waals surface area (Å²) in [5.41, 5.74) is 0.877. The van der Waals surface area contributed by atoms with E-state index in [-0.39, 0.29) is 16.9 Å². The first kappa shape index (κ1) is 20.3. The van der Waals surface area contributed by atoms with Crippen LogP contribution in [0.25, 0.3) is 11.0 Å². The first-order valence-electron chi connectivity index (χ1n) is 10.6. The van der Waals surface area contributed by atoms with Gasteiger partial charge in [0.25, 0.3) is 0 Å². The Morgan fingerprint density at radius 3 is 2.53 bits per heavy atom. The summed E-state index contributed by atoms with van der Waals surface area (Å²) in [5.74, 6) is 1.71. The van der Waals surface area contributed by atoms with Crippen LogP contribution >= 0.6 is 0 Å². The Morgan fingerprint density at radius 2 is 1.80 bits per heavy atom. The van der Waals surface area contributed by atoms with Crippen molar-refractivity contribution in [3.8, 4) is 23.0 Å². The van der Waals surface area contributed by atoms with Crippen LogP contribution in [0.3, 0.4) is 0 Å². The minimum atomic E-state index is -0.255. The maximum atomic E-state index is 13.3. The van der Waals surface area contributed by atoms with Crippen LogP contribution in [0.1, 0.15) is 37.5 Å². The van der Waals surface area contributed by atoms with E-state index in [0.717, 1.165) is 13.1 Å². The first-order valence-corrected chi connectivity index (χ1v) is 10.6. The predicted molar refractivity (Wildman–Crippen MR) is 115 cm³/mol. The lowest BCUT2D eigenvalue weighted by Gasteiger charge is -2.24. The van der Waals surface area contributed by atoms with Gasteiger partial charge in [-0.15, -0.1) is 0 Å². The SMILES string of the molecule is CCOc1ccccc1Oc1c(C)oc2c(C[NH+]3CCCCC3)c(O)ccc2c1=O. The van der Waals surface area contributed by atoms with Gasteiger partial charge in [-0.3, -0.25) is 4.79 Å². The molecule has 0 amide bonds. The molecule has 0 radical (unpaired) electrons. The maximum absolute atomic E-state index is 13.3. The molecule has 158 valence electrons. The highest BCUT2D eigenvalue weighted by Gasteiger charge is 2.23. The van der Waals surface area contributed by atoms with Gasteiger partial charge in [-0.1, -0.05) is 12.1 Å². The number of para-hydroxylation sites is 2. The van der Waals surface area contributed by atoms with E-state index in [1.807, 2.05) is 19.1 Å². The third-order valence-corrected chi connectivity index (χ3v) is 5.61. The molecule has 1 saturated heterocycles. The van der Waals surface area contributed by atoms with Crippen LogP contribution < -0.4 is 19.8 Å². The topological polar surface area (TPSA) is 73.3 Å². The smallest absolute Gasteiger partial charge is 0.235 e. The number of likely N-dealkylation sites (tertiary alicyclic amines) is 1. The van der Waals surface area contributed by atoms with Gasteiger partial charge in [0.2, 0.25) is 11.2 Å². The summed E-state index contributed by atoms with van der Waals surface area (Å²) in [6, 6.07) is 10.4. The van der Waals surface area contributed by atoms with Crippen molar-refractivity contribution in [1.82, 2.24) is 0 Å². The molecule has 0 atom stereocenters. The number of rotatable bonds is 6. The summed E-state index contributed by atoms with van der Waals surface area (Å²) in [6.07, 6.45) is 3.62. The first-order chi connectivity index (χ1) is 14.6. The Kier molecular flexibility index (Phi) is 5.95. The van der Waals surface area contributed by atoms with Crippen LogP contribution in [0.4, 0.5) is 0 Å². The van der Waals surface area contributed by atoms with Crippen LogP contribution in [0.15, 0.2) is 45.6 Å². The zero-order valence-electron chi connectivity index (χ0n) is 17.5. The molecule has 1 aliphatic rings. The summed E-state index contributed by atoms with van der Waals surface area (Å²) in [5, 5.41) is 10.9. The molecule has 2 aromatic carbocycles. The van der Waals surface area contributed by atoms with Gasteiger partial charge in [0.1, 0.15) is 18.1 Å². The lowest BCUT2D eigenvalue weighted by Crippen LogP contribution is -3.11. The van der Waals surface area contributed by atoms with Gasteiger partial charge >= 0.3 is 0 Å². The number of hydrogen-bond acceptors (Lipinski definition) is 5. The average molecular weight is 410 g/mol. The molecule has 0 saturated carbocycles. The molecule has 6 nitrogen and oxygen atoms in total. The maximum Gasteiger partial charge on any atom is 0.235 e. The molecule has 0 aliphatic carbocycles. The third-order valence-electron chi connectivity index (χ3n) is 5.61. The Morgan fingerprint density at radius 1 is 1.07 bits per heavy atom. The Bertz CT molecular complexity index is 1100. The fraction of sp³-hybridized carbons (Fsp3) is 0.375. The standard InChI is InChI=1S/C24H27NO5/c1-3-28-20-9-5-6-10-21(20)30-23-16(2)29-24-17(22(23)27)11-12-19(26)18(24)15-25-13-7-4-8-14-25/h5-6,9-12,26H,3-4,7-8,13-15H2,1-2H3/p+1. The van der Waals surface area contributed by atoms with Gasteiger partial charge in [-0.2, -0.15) is 0 Å². The molecule has 1 fully saturated rings. The molecule has 1 aromatic heterocycles. The average Bonchev–Trinajstić information content (AvgIpc) is 2.75. The molecule has 30 heavy (non-hydrogen) atoms. The summed E-state index contributed by atoms with van der Waals surface area (Å²) in [4.78, 5) is 14.7. The third kappa shape index (κ3) is 4.00. The number of piperidine rings is 1. The molecule has 1 aliphatic heterocycles. The second-order valence-electron chi connectivity index (χ2n) is 7.73. The van der Waals surface area contributed by atoms with Gasteiger partial charge < -0.3 is 23.9 Å². The molecular weight excluding hydrogens is 382 g/mol. The Hall–Kier alpha value is -2.99. The van der Waals surface area contributed by atoms with Crippen molar-refractivity contribution in [2.45, 2.75) is 39.7 Å². The highest BCUT2D eigenvalue weighted by Crippen LogP contribution is 2.34. The fourth-order valence-electron chi connectivity index (χ4n) is 4.08. The molecule has 2 N–H and O–H groups in total. The van der Waals surface area contributed by atoms with Crippen molar-refractivity contribution >= 4 is 11.0 Å².